The zero-order chi connectivity index (χ0) is 13.8. The summed E-state index contributed by atoms with van der Waals surface area (Å²) in [6.45, 7) is 3.44. The molecule has 1 aromatic rings. The summed E-state index contributed by atoms with van der Waals surface area (Å²) < 4.78 is 12.3. The van der Waals surface area contributed by atoms with Crippen molar-refractivity contribution in [1.29, 1.82) is 0 Å². The second kappa shape index (κ2) is 6.06. The molecule has 0 amide bonds. The number of ether oxygens (including phenoxy) is 2. The van der Waals surface area contributed by atoms with Crippen molar-refractivity contribution in [3.63, 3.8) is 0 Å². The molecule has 106 valence electrons. The molecule has 6 nitrogen and oxygen atoms in total. The van der Waals surface area contributed by atoms with Gasteiger partial charge in [0.2, 0.25) is 0 Å². The highest BCUT2D eigenvalue weighted by atomic mass is 16.5. The zero-order valence-electron chi connectivity index (χ0n) is 11.5. The van der Waals surface area contributed by atoms with Crippen LogP contribution in [-0.2, 0) is 22.4 Å². The fourth-order valence-electron chi connectivity index (χ4n) is 2.39. The molecule has 1 fully saturated rings. The van der Waals surface area contributed by atoms with E-state index < -0.39 is 5.97 Å². The maximum Gasteiger partial charge on any atom is 0.360 e. The Hall–Kier alpha value is -1.56. The second-order valence-electron chi connectivity index (χ2n) is 4.71. The van der Waals surface area contributed by atoms with Gasteiger partial charge in [-0.3, -0.25) is 0 Å². The van der Waals surface area contributed by atoms with Gasteiger partial charge in [-0.2, -0.15) is 0 Å². The molecular weight excluding hydrogens is 246 g/mol. The van der Waals surface area contributed by atoms with E-state index in [1.807, 2.05) is 11.5 Å². The minimum absolute atomic E-state index is 0.154. The first-order valence-corrected chi connectivity index (χ1v) is 6.72. The number of nitrogens with two attached hydrogens (primary N) is 1. The summed E-state index contributed by atoms with van der Waals surface area (Å²) in [6, 6.07) is 0. The number of anilines is 1. The van der Waals surface area contributed by atoms with Crippen molar-refractivity contribution in [2.24, 2.45) is 0 Å². The molecule has 1 unspecified atom stereocenters. The topological polar surface area (TPSA) is 79.4 Å². The Kier molecular flexibility index (Phi) is 4.42. The number of aromatic nitrogens is 2. The van der Waals surface area contributed by atoms with E-state index in [0.29, 0.717) is 18.8 Å². The molecule has 19 heavy (non-hydrogen) atoms. The Balaban J connectivity index is 2.22. The van der Waals surface area contributed by atoms with E-state index in [0.717, 1.165) is 25.3 Å². The van der Waals surface area contributed by atoms with E-state index in [1.165, 1.54) is 13.5 Å². The van der Waals surface area contributed by atoms with Gasteiger partial charge in [0.15, 0.2) is 5.69 Å². The van der Waals surface area contributed by atoms with Crippen LogP contribution in [0.1, 0.15) is 42.5 Å². The number of hydrogen-bond donors (Lipinski definition) is 1. The third kappa shape index (κ3) is 2.89. The quantitative estimate of drug-likeness (QED) is 0.834. The highest BCUT2D eigenvalue weighted by Gasteiger charge is 2.23. The van der Waals surface area contributed by atoms with Crippen LogP contribution in [0, 0.1) is 0 Å². The van der Waals surface area contributed by atoms with Gasteiger partial charge in [0.1, 0.15) is 11.6 Å². The van der Waals surface area contributed by atoms with Crippen LogP contribution in [0.3, 0.4) is 0 Å². The summed E-state index contributed by atoms with van der Waals surface area (Å²) in [5.41, 5.74) is 6.22. The summed E-state index contributed by atoms with van der Waals surface area (Å²) in [5.74, 6) is 0.681. The largest absolute Gasteiger partial charge is 0.464 e. The van der Waals surface area contributed by atoms with E-state index in [4.69, 9.17) is 15.2 Å². The lowest BCUT2D eigenvalue weighted by Crippen LogP contribution is -2.26. The average Bonchev–Trinajstić information content (AvgIpc) is 2.76. The smallest absolute Gasteiger partial charge is 0.360 e. The minimum atomic E-state index is -0.490. The SMILES string of the molecule is CCc1nc(C(=O)OC)c(N)n1CC1CCCCO1. The molecule has 1 atom stereocenters. The van der Waals surface area contributed by atoms with Gasteiger partial charge in [-0.05, 0) is 19.3 Å². The highest BCUT2D eigenvalue weighted by molar-refractivity contribution is 5.92. The van der Waals surface area contributed by atoms with Crippen molar-refractivity contribution in [2.75, 3.05) is 19.5 Å². The van der Waals surface area contributed by atoms with Gasteiger partial charge >= 0.3 is 5.97 Å². The maximum atomic E-state index is 11.6. The molecule has 1 aliphatic heterocycles. The fraction of sp³-hybridized carbons (Fsp3) is 0.692. The van der Waals surface area contributed by atoms with E-state index in [1.54, 1.807) is 0 Å². The first kappa shape index (κ1) is 13.9. The van der Waals surface area contributed by atoms with E-state index in [-0.39, 0.29) is 11.8 Å². The van der Waals surface area contributed by atoms with Crippen LogP contribution in [0.15, 0.2) is 0 Å². The summed E-state index contributed by atoms with van der Waals surface area (Å²) in [5, 5.41) is 0. The second-order valence-corrected chi connectivity index (χ2v) is 4.71. The number of carbonyl (C=O) groups excluding carboxylic acids is 1. The predicted octanol–water partition coefficient (Wildman–Crippen LogP) is 1.38. The molecule has 1 saturated heterocycles. The molecule has 1 aromatic heterocycles. The highest BCUT2D eigenvalue weighted by Crippen LogP contribution is 2.21. The fourth-order valence-corrected chi connectivity index (χ4v) is 2.39. The molecule has 0 bridgehead atoms. The number of esters is 1. The molecule has 6 heteroatoms. The van der Waals surface area contributed by atoms with Gasteiger partial charge in [-0.15, -0.1) is 0 Å². The number of methoxy groups -OCH3 is 1. The number of carbonyl (C=O) groups is 1. The molecule has 2 heterocycles. The average molecular weight is 267 g/mol. The van der Waals surface area contributed by atoms with Gasteiger partial charge < -0.3 is 19.8 Å². The predicted molar refractivity (Wildman–Crippen MR) is 70.9 cm³/mol. The Labute approximate surface area is 112 Å². The van der Waals surface area contributed by atoms with Crippen molar-refractivity contribution in [3.8, 4) is 0 Å². The Morgan fingerprint density at radius 2 is 2.37 bits per heavy atom. The normalized spacial score (nSPS) is 19.4. The Bertz CT molecular complexity index is 450. The third-order valence-electron chi connectivity index (χ3n) is 3.44. The number of rotatable bonds is 4. The van der Waals surface area contributed by atoms with Crippen LogP contribution >= 0.6 is 0 Å². The molecular formula is C13H21N3O3. The number of nitrogens with zero attached hydrogens (tertiary/aromatic N) is 2. The van der Waals surface area contributed by atoms with Gasteiger partial charge in [0, 0.05) is 13.0 Å². The summed E-state index contributed by atoms with van der Waals surface area (Å²) >= 11 is 0. The molecule has 2 rings (SSSR count). The van der Waals surface area contributed by atoms with Crippen LogP contribution < -0.4 is 5.73 Å². The molecule has 0 radical (unpaired) electrons. The molecule has 1 aliphatic rings. The van der Waals surface area contributed by atoms with Crippen molar-refractivity contribution in [2.45, 2.75) is 45.3 Å². The van der Waals surface area contributed by atoms with Crippen molar-refractivity contribution in [1.82, 2.24) is 9.55 Å². The molecule has 2 N–H and O–H groups in total. The zero-order valence-corrected chi connectivity index (χ0v) is 11.5. The van der Waals surface area contributed by atoms with Crippen LogP contribution in [0.2, 0.25) is 0 Å². The van der Waals surface area contributed by atoms with E-state index >= 15 is 0 Å². The molecule has 0 aliphatic carbocycles. The van der Waals surface area contributed by atoms with Gasteiger partial charge in [-0.1, -0.05) is 6.92 Å². The van der Waals surface area contributed by atoms with Crippen LogP contribution in [0.4, 0.5) is 5.82 Å². The van der Waals surface area contributed by atoms with Crippen LogP contribution in [0.25, 0.3) is 0 Å². The van der Waals surface area contributed by atoms with Crippen LogP contribution in [-0.4, -0.2) is 35.3 Å². The summed E-state index contributed by atoms with van der Waals surface area (Å²) in [6.07, 6.45) is 4.18. The third-order valence-corrected chi connectivity index (χ3v) is 3.44. The Morgan fingerprint density at radius 3 is 2.95 bits per heavy atom. The van der Waals surface area contributed by atoms with Gasteiger partial charge in [-0.25, -0.2) is 9.78 Å². The minimum Gasteiger partial charge on any atom is -0.464 e. The van der Waals surface area contributed by atoms with Crippen molar-refractivity contribution >= 4 is 11.8 Å². The lowest BCUT2D eigenvalue weighted by atomic mass is 10.1. The maximum absolute atomic E-state index is 11.6. The lowest BCUT2D eigenvalue weighted by Gasteiger charge is -2.24. The number of aryl methyl sites for hydroxylation is 1. The van der Waals surface area contributed by atoms with E-state index in [9.17, 15) is 4.79 Å². The number of hydrogen-bond acceptors (Lipinski definition) is 5. The number of imidazole rings is 1. The first-order valence-electron chi connectivity index (χ1n) is 6.72. The standard InChI is InChI=1S/C13H21N3O3/c1-3-10-15-11(13(17)18-2)12(14)16(10)8-9-6-4-5-7-19-9/h9H,3-8,14H2,1-2H3. The van der Waals surface area contributed by atoms with Gasteiger partial charge in [0.05, 0.1) is 19.8 Å². The monoisotopic (exact) mass is 267 g/mol. The molecule has 0 spiro atoms. The lowest BCUT2D eigenvalue weighted by molar-refractivity contribution is 0.00587. The van der Waals surface area contributed by atoms with Crippen LogP contribution in [0.5, 0.6) is 0 Å². The first-order chi connectivity index (χ1) is 9.17. The number of nitrogen functional groups attached to an aromatic ring is 1. The van der Waals surface area contributed by atoms with Gasteiger partial charge in [0.25, 0.3) is 0 Å². The molecule has 0 aromatic carbocycles. The summed E-state index contributed by atoms with van der Waals surface area (Å²) in [7, 11) is 1.33. The van der Waals surface area contributed by atoms with Crippen molar-refractivity contribution < 1.29 is 14.3 Å². The summed E-state index contributed by atoms with van der Waals surface area (Å²) in [4.78, 5) is 15.9. The molecule has 0 saturated carbocycles. The van der Waals surface area contributed by atoms with E-state index in [2.05, 4.69) is 4.98 Å². The van der Waals surface area contributed by atoms with Crippen molar-refractivity contribution in [3.05, 3.63) is 11.5 Å². The Morgan fingerprint density at radius 1 is 1.58 bits per heavy atom.